The average Bonchev–Trinajstić information content (AvgIpc) is 3.20. The molecule has 0 saturated carbocycles. The average molecular weight is 331 g/mol. The maximum Gasteiger partial charge on any atom is 0.272 e. The summed E-state index contributed by atoms with van der Waals surface area (Å²) >= 11 is 0. The van der Waals surface area contributed by atoms with Gasteiger partial charge in [0.25, 0.3) is 5.91 Å². The van der Waals surface area contributed by atoms with E-state index in [0.717, 1.165) is 42.0 Å². The molecule has 24 heavy (non-hydrogen) atoms. The molecule has 3 heterocycles. The fraction of sp³-hybridized carbons (Fsp3) is 0.588. The third-order valence-corrected chi connectivity index (χ3v) is 4.82. The van der Waals surface area contributed by atoms with E-state index in [1.165, 1.54) is 0 Å². The SMILES string of the molecule is Cc1nn(C)c(C)c1-c1cc(C(=O)N2CCCC2CC(C)O)[nH]n1. The van der Waals surface area contributed by atoms with E-state index >= 15 is 0 Å². The van der Waals surface area contributed by atoms with E-state index in [-0.39, 0.29) is 11.9 Å². The van der Waals surface area contributed by atoms with E-state index in [0.29, 0.717) is 12.1 Å². The molecular weight excluding hydrogens is 306 g/mol. The van der Waals surface area contributed by atoms with Gasteiger partial charge >= 0.3 is 0 Å². The molecule has 2 N–H and O–H groups in total. The second-order valence-corrected chi connectivity index (χ2v) is 6.72. The van der Waals surface area contributed by atoms with E-state index in [1.54, 1.807) is 13.0 Å². The fourth-order valence-corrected chi connectivity index (χ4v) is 3.60. The summed E-state index contributed by atoms with van der Waals surface area (Å²) in [6.45, 7) is 6.43. The summed E-state index contributed by atoms with van der Waals surface area (Å²) in [5.41, 5.74) is 4.12. The predicted octanol–water partition coefficient (Wildman–Crippen LogP) is 1.80. The van der Waals surface area contributed by atoms with Crippen molar-refractivity contribution in [1.29, 1.82) is 0 Å². The maximum atomic E-state index is 12.8. The Morgan fingerprint density at radius 3 is 2.88 bits per heavy atom. The highest BCUT2D eigenvalue weighted by Gasteiger charge is 2.31. The summed E-state index contributed by atoms with van der Waals surface area (Å²) < 4.78 is 1.82. The highest BCUT2D eigenvalue weighted by atomic mass is 16.3. The molecule has 1 fully saturated rings. The molecule has 0 aliphatic carbocycles. The summed E-state index contributed by atoms with van der Waals surface area (Å²) in [5.74, 6) is -0.0453. The molecule has 7 heteroatoms. The van der Waals surface area contributed by atoms with Crippen LogP contribution in [0.1, 0.15) is 48.1 Å². The van der Waals surface area contributed by atoms with Gasteiger partial charge in [-0.15, -0.1) is 0 Å². The molecule has 130 valence electrons. The van der Waals surface area contributed by atoms with Crippen molar-refractivity contribution in [3.63, 3.8) is 0 Å². The van der Waals surface area contributed by atoms with Crippen LogP contribution < -0.4 is 0 Å². The fourth-order valence-electron chi connectivity index (χ4n) is 3.60. The van der Waals surface area contributed by atoms with Gasteiger partial charge in [-0.1, -0.05) is 0 Å². The number of hydrogen-bond acceptors (Lipinski definition) is 4. The lowest BCUT2D eigenvalue weighted by Gasteiger charge is -2.25. The predicted molar refractivity (Wildman–Crippen MR) is 90.6 cm³/mol. The minimum atomic E-state index is -0.401. The van der Waals surface area contributed by atoms with Gasteiger partial charge < -0.3 is 10.0 Å². The number of H-pyrrole nitrogens is 1. The van der Waals surface area contributed by atoms with Crippen LogP contribution in [0.2, 0.25) is 0 Å². The molecule has 3 rings (SSSR count). The number of amides is 1. The normalized spacial score (nSPS) is 19.0. The van der Waals surface area contributed by atoms with E-state index in [2.05, 4.69) is 15.3 Å². The molecule has 2 atom stereocenters. The molecule has 0 bridgehead atoms. The molecule has 1 amide bonds. The van der Waals surface area contributed by atoms with Crippen LogP contribution in [-0.2, 0) is 7.05 Å². The van der Waals surface area contributed by atoms with Gasteiger partial charge in [-0.05, 0) is 46.1 Å². The first-order chi connectivity index (χ1) is 11.4. The first-order valence-corrected chi connectivity index (χ1v) is 8.43. The first kappa shape index (κ1) is 16.7. The second-order valence-electron chi connectivity index (χ2n) is 6.72. The van der Waals surface area contributed by atoms with Gasteiger partial charge in [0, 0.05) is 30.9 Å². The van der Waals surface area contributed by atoms with Crippen LogP contribution >= 0.6 is 0 Å². The van der Waals surface area contributed by atoms with Gasteiger partial charge in [0.1, 0.15) is 5.69 Å². The van der Waals surface area contributed by atoms with Crippen LogP contribution in [0.15, 0.2) is 6.07 Å². The Hall–Kier alpha value is -2.15. The number of likely N-dealkylation sites (tertiary alicyclic amines) is 1. The van der Waals surface area contributed by atoms with Crippen LogP contribution in [0, 0.1) is 13.8 Å². The van der Waals surface area contributed by atoms with Crippen LogP contribution in [0.25, 0.3) is 11.3 Å². The Kier molecular flexibility index (Phi) is 4.45. The van der Waals surface area contributed by atoms with Crippen molar-refractivity contribution in [2.24, 2.45) is 7.05 Å². The number of carbonyl (C=O) groups excluding carboxylic acids is 1. The molecule has 0 radical (unpaired) electrons. The van der Waals surface area contributed by atoms with Crippen molar-refractivity contribution < 1.29 is 9.90 Å². The second kappa shape index (κ2) is 6.39. The van der Waals surface area contributed by atoms with Gasteiger partial charge in [-0.25, -0.2) is 0 Å². The molecule has 7 nitrogen and oxygen atoms in total. The minimum Gasteiger partial charge on any atom is -0.393 e. The Morgan fingerprint density at radius 2 is 2.25 bits per heavy atom. The third-order valence-electron chi connectivity index (χ3n) is 4.82. The van der Waals surface area contributed by atoms with Crippen LogP contribution in [0.3, 0.4) is 0 Å². The molecular formula is C17H25N5O2. The molecule has 1 aliphatic heterocycles. The molecule has 0 spiro atoms. The highest BCUT2D eigenvalue weighted by Crippen LogP contribution is 2.27. The van der Waals surface area contributed by atoms with Crippen molar-refractivity contribution in [3.8, 4) is 11.3 Å². The summed E-state index contributed by atoms with van der Waals surface area (Å²) in [7, 11) is 1.90. The summed E-state index contributed by atoms with van der Waals surface area (Å²) in [6, 6.07) is 1.91. The molecule has 2 unspecified atom stereocenters. The van der Waals surface area contributed by atoms with E-state index in [4.69, 9.17) is 0 Å². The quantitative estimate of drug-likeness (QED) is 0.894. The number of rotatable bonds is 4. The van der Waals surface area contributed by atoms with Crippen molar-refractivity contribution in [1.82, 2.24) is 24.9 Å². The van der Waals surface area contributed by atoms with Gasteiger partial charge in [0.05, 0.1) is 17.5 Å². The smallest absolute Gasteiger partial charge is 0.272 e. The minimum absolute atomic E-state index is 0.0453. The van der Waals surface area contributed by atoms with Crippen molar-refractivity contribution in [3.05, 3.63) is 23.1 Å². The van der Waals surface area contributed by atoms with Crippen LogP contribution in [-0.4, -0.2) is 54.6 Å². The molecule has 1 saturated heterocycles. The number of aliphatic hydroxyl groups is 1. The monoisotopic (exact) mass is 331 g/mol. The number of carbonyl (C=O) groups is 1. The third kappa shape index (κ3) is 2.96. The topological polar surface area (TPSA) is 87.0 Å². The Balaban J connectivity index is 1.84. The molecule has 1 aliphatic rings. The Labute approximate surface area is 141 Å². The molecule has 2 aromatic rings. The summed E-state index contributed by atoms with van der Waals surface area (Å²) in [6.07, 6.45) is 2.14. The number of hydrogen-bond donors (Lipinski definition) is 2. The lowest BCUT2D eigenvalue weighted by atomic mass is 10.1. The number of aliphatic hydroxyl groups excluding tert-OH is 1. The Morgan fingerprint density at radius 1 is 1.50 bits per heavy atom. The largest absolute Gasteiger partial charge is 0.393 e. The number of aromatic amines is 1. The Bertz CT molecular complexity index is 746. The number of aromatic nitrogens is 4. The first-order valence-electron chi connectivity index (χ1n) is 8.43. The van der Waals surface area contributed by atoms with Crippen LogP contribution in [0.5, 0.6) is 0 Å². The van der Waals surface area contributed by atoms with E-state index in [9.17, 15) is 9.90 Å². The number of aryl methyl sites for hydroxylation is 2. The zero-order chi connectivity index (χ0) is 17.4. The van der Waals surface area contributed by atoms with E-state index < -0.39 is 6.10 Å². The van der Waals surface area contributed by atoms with Crippen LogP contribution in [0.4, 0.5) is 0 Å². The van der Waals surface area contributed by atoms with Gasteiger partial charge in [0.15, 0.2) is 0 Å². The van der Waals surface area contributed by atoms with Gasteiger partial charge in [-0.2, -0.15) is 10.2 Å². The van der Waals surface area contributed by atoms with Crippen molar-refractivity contribution in [2.75, 3.05) is 6.54 Å². The number of nitrogens with one attached hydrogen (secondary N) is 1. The lowest BCUT2D eigenvalue weighted by Crippen LogP contribution is -2.37. The van der Waals surface area contributed by atoms with Crippen molar-refractivity contribution in [2.45, 2.75) is 52.2 Å². The molecule has 0 aromatic carbocycles. The molecule has 2 aromatic heterocycles. The maximum absolute atomic E-state index is 12.8. The highest BCUT2D eigenvalue weighted by molar-refractivity contribution is 5.94. The zero-order valence-electron chi connectivity index (χ0n) is 14.7. The standard InChI is InChI=1S/C17H25N5O2/c1-10(23)8-13-6-5-7-22(13)17(24)15-9-14(18-19-15)16-11(2)20-21(4)12(16)3/h9-10,13,23H,5-8H2,1-4H3,(H,18,19). The van der Waals surface area contributed by atoms with Crippen molar-refractivity contribution >= 4 is 5.91 Å². The lowest BCUT2D eigenvalue weighted by molar-refractivity contribution is 0.0676. The van der Waals surface area contributed by atoms with E-state index in [1.807, 2.05) is 30.5 Å². The summed E-state index contributed by atoms with van der Waals surface area (Å²) in [5, 5.41) is 21.2. The summed E-state index contributed by atoms with van der Waals surface area (Å²) in [4.78, 5) is 14.7. The zero-order valence-corrected chi connectivity index (χ0v) is 14.7. The van der Waals surface area contributed by atoms with Gasteiger partial charge in [-0.3, -0.25) is 14.6 Å². The number of nitrogens with zero attached hydrogens (tertiary/aromatic N) is 4. The van der Waals surface area contributed by atoms with Gasteiger partial charge in [0.2, 0.25) is 0 Å².